The van der Waals surface area contributed by atoms with Crippen molar-refractivity contribution in [1.29, 1.82) is 0 Å². The largest absolute Gasteiger partial charge is 0.416 e. The lowest BCUT2D eigenvalue weighted by atomic mass is 10.1. The summed E-state index contributed by atoms with van der Waals surface area (Å²) in [4.78, 5) is 16.1. The maximum Gasteiger partial charge on any atom is 0.416 e. The monoisotopic (exact) mass is 346 g/mol. The molecule has 0 atom stereocenters. The molecule has 2 aromatic carbocycles. The van der Waals surface area contributed by atoms with E-state index in [0.717, 1.165) is 17.7 Å². The second-order valence-electron chi connectivity index (χ2n) is 5.34. The van der Waals surface area contributed by atoms with Crippen LogP contribution in [0.3, 0.4) is 0 Å². The van der Waals surface area contributed by atoms with Crippen molar-refractivity contribution in [3.63, 3.8) is 0 Å². The highest BCUT2D eigenvalue weighted by atomic mass is 19.4. The molecule has 1 amide bonds. The van der Waals surface area contributed by atoms with Gasteiger partial charge in [0.1, 0.15) is 6.33 Å². The Balaban J connectivity index is 1.70. The SMILES string of the molecule is O=C(Cc1cccc(C(F)(F)F)c1)Nc1cccc(-c2ncn[nH]2)c1. The van der Waals surface area contributed by atoms with Gasteiger partial charge in [-0.3, -0.25) is 9.89 Å². The highest BCUT2D eigenvalue weighted by Gasteiger charge is 2.30. The number of anilines is 1. The molecule has 128 valence electrons. The molecule has 0 unspecified atom stereocenters. The van der Waals surface area contributed by atoms with Gasteiger partial charge in [0.2, 0.25) is 5.91 Å². The van der Waals surface area contributed by atoms with Crippen LogP contribution in [0.15, 0.2) is 54.9 Å². The predicted molar refractivity (Wildman–Crippen MR) is 85.6 cm³/mol. The molecule has 5 nitrogen and oxygen atoms in total. The van der Waals surface area contributed by atoms with Crippen LogP contribution in [-0.2, 0) is 17.4 Å². The van der Waals surface area contributed by atoms with Gasteiger partial charge in [-0.1, -0.05) is 30.3 Å². The molecule has 0 aliphatic rings. The van der Waals surface area contributed by atoms with Gasteiger partial charge in [0, 0.05) is 11.3 Å². The summed E-state index contributed by atoms with van der Waals surface area (Å²) in [7, 11) is 0. The van der Waals surface area contributed by atoms with E-state index < -0.39 is 17.6 Å². The van der Waals surface area contributed by atoms with Crippen molar-refractivity contribution in [1.82, 2.24) is 15.2 Å². The van der Waals surface area contributed by atoms with E-state index in [-0.39, 0.29) is 6.42 Å². The Kier molecular flexibility index (Phi) is 4.51. The van der Waals surface area contributed by atoms with Crippen LogP contribution in [0.25, 0.3) is 11.4 Å². The third kappa shape index (κ3) is 4.23. The minimum absolute atomic E-state index is 0.156. The van der Waals surface area contributed by atoms with Crippen molar-refractivity contribution in [2.24, 2.45) is 0 Å². The van der Waals surface area contributed by atoms with Gasteiger partial charge in [0.25, 0.3) is 0 Å². The molecule has 1 aromatic heterocycles. The molecule has 3 rings (SSSR count). The summed E-state index contributed by atoms with van der Waals surface area (Å²) in [6, 6.07) is 11.6. The molecule has 25 heavy (non-hydrogen) atoms. The summed E-state index contributed by atoms with van der Waals surface area (Å²) in [5, 5.41) is 9.14. The molecule has 1 heterocycles. The molecule has 3 aromatic rings. The van der Waals surface area contributed by atoms with Crippen LogP contribution in [0.5, 0.6) is 0 Å². The zero-order valence-corrected chi connectivity index (χ0v) is 12.8. The first kappa shape index (κ1) is 16.7. The molecule has 0 aliphatic heterocycles. The van der Waals surface area contributed by atoms with Crippen LogP contribution in [0.4, 0.5) is 18.9 Å². The number of alkyl halides is 3. The zero-order chi connectivity index (χ0) is 17.9. The van der Waals surface area contributed by atoms with Gasteiger partial charge < -0.3 is 5.32 Å². The van der Waals surface area contributed by atoms with Crippen molar-refractivity contribution in [3.05, 3.63) is 66.0 Å². The number of aromatic nitrogens is 3. The number of carbonyl (C=O) groups is 1. The number of nitrogens with one attached hydrogen (secondary N) is 2. The van der Waals surface area contributed by atoms with Gasteiger partial charge in [-0.25, -0.2) is 4.98 Å². The number of aromatic amines is 1. The van der Waals surface area contributed by atoms with E-state index in [1.54, 1.807) is 24.3 Å². The average Bonchev–Trinajstić information content (AvgIpc) is 3.09. The predicted octanol–water partition coefficient (Wildman–Crippen LogP) is 3.67. The summed E-state index contributed by atoms with van der Waals surface area (Å²) < 4.78 is 38.1. The van der Waals surface area contributed by atoms with Gasteiger partial charge in [0.15, 0.2) is 5.82 Å². The lowest BCUT2D eigenvalue weighted by Gasteiger charge is -2.09. The number of amides is 1. The number of benzene rings is 2. The number of carbonyl (C=O) groups excluding carboxylic acids is 1. The van der Waals surface area contributed by atoms with Crippen molar-refractivity contribution in [2.75, 3.05) is 5.32 Å². The Morgan fingerprint density at radius 2 is 1.92 bits per heavy atom. The normalized spacial score (nSPS) is 11.3. The van der Waals surface area contributed by atoms with Gasteiger partial charge in [0.05, 0.1) is 12.0 Å². The van der Waals surface area contributed by atoms with Crippen molar-refractivity contribution < 1.29 is 18.0 Å². The Morgan fingerprint density at radius 1 is 1.12 bits per heavy atom. The molecule has 0 fully saturated rings. The smallest absolute Gasteiger partial charge is 0.326 e. The van der Waals surface area contributed by atoms with Crippen molar-refractivity contribution in [2.45, 2.75) is 12.6 Å². The van der Waals surface area contributed by atoms with Crippen LogP contribution >= 0.6 is 0 Å². The van der Waals surface area contributed by atoms with Crippen LogP contribution < -0.4 is 5.32 Å². The van der Waals surface area contributed by atoms with Gasteiger partial charge in [-0.2, -0.15) is 18.3 Å². The highest BCUT2D eigenvalue weighted by molar-refractivity contribution is 5.92. The van der Waals surface area contributed by atoms with E-state index >= 15 is 0 Å². The second-order valence-corrected chi connectivity index (χ2v) is 5.34. The van der Waals surface area contributed by atoms with Crippen molar-refractivity contribution >= 4 is 11.6 Å². The van der Waals surface area contributed by atoms with Crippen LogP contribution in [0.1, 0.15) is 11.1 Å². The molecule has 8 heteroatoms. The first-order chi connectivity index (χ1) is 11.9. The van der Waals surface area contributed by atoms with E-state index in [1.165, 1.54) is 18.5 Å². The number of hydrogen-bond donors (Lipinski definition) is 2. The quantitative estimate of drug-likeness (QED) is 0.757. The maximum atomic E-state index is 12.7. The Hall–Kier alpha value is -3.16. The Bertz CT molecular complexity index is 876. The minimum Gasteiger partial charge on any atom is -0.326 e. The number of H-pyrrole nitrogens is 1. The number of hydrogen-bond acceptors (Lipinski definition) is 3. The second kappa shape index (κ2) is 6.76. The van der Waals surface area contributed by atoms with E-state index in [1.807, 2.05) is 0 Å². The molecule has 2 N–H and O–H groups in total. The topological polar surface area (TPSA) is 70.7 Å². The van der Waals surface area contributed by atoms with Gasteiger partial charge in [-0.05, 0) is 23.8 Å². The fourth-order valence-electron chi connectivity index (χ4n) is 2.34. The first-order valence-corrected chi connectivity index (χ1v) is 7.33. The molecule has 0 spiro atoms. The molecule has 0 saturated carbocycles. The third-order valence-corrected chi connectivity index (χ3v) is 3.45. The van der Waals surface area contributed by atoms with Crippen LogP contribution in [0, 0.1) is 0 Å². The van der Waals surface area contributed by atoms with Gasteiger partial charge in [-0.15, -0.1) is 0 Å². The lowest BCUT2D eigenvalue weighted by Crippen LogP contribution is -2.15. The molecule has 0 aliphatic carbocycles. The average molecular weight is 346 g/mol. The first-order valence-electron chi connectivity index (χ1n) is 7.33. The fraction of sp³-hybridized carbons (Fsp3) is 0.118. The lowest BCUT2D eigenvalue weighted by molar-refractivity contribution is -0.137. The summed E-state index contributed by atoms with van der Waals surface area (Å²) >= 11 is 0. The van der Waals surface area contributed by atoms with E-state index in [4.69, 9.17) is 0 Å². The minimum atomic E-state index is -4.43. The molecular weight excluding hydrogens is 333 g/mol. The van der Waals surface area contributed by atoms with Crippen LogP contribution in [-0.4, -0.2) is 21.1 Å². The number of nitrogens with zero attached hydrogens (tertiary/aromatic N) is 2. The Labute approximate surface area is 140 Å². The molecular formula is C17H13F3N4O. The molecule has 0 radical (unpaired) electrons. The zero-order valence-electron chi connectivity index (χ0n) is 12.8. The highest BCUT2D eigenvalue weighted by Crippen LogP contribution is 2.29. The summed E-state index contributed by atoms with van der Waals surface area (Å²) in [5.41, 5.74) is 0.768. The van der Waals surface area contributed by atoms with E-state index in [9.17, 15) is 18.0 Å². The van der Waals surface area contributed by atoms with Crippen molar-refractivity contribution in [3.8, 4) is 11.4 Å². The summed E-state index contributed by atoms with van der Waals surface area (Å²) in [6.07, 6.45) is -3.22. The standard InChI is InChI=1S/C17H13F3N4O/c18-17(19,20)13-5-1-3-11(7-13)8-15(25)23-14-6-2-4-12(9-14)16-21-10-22-24-16/h1-7,9-10H,8H2,(H,23,25)(H,21,22,24). The van der Waals surface area contributed by atoms with E-state index in [0.29, 0.717) is 17.1 Å². The number of halogens is 3. The summed E-state index contributed by atoms with van der Waals surface area (Å²) in [5.74, 6) is 0.142. The number of rotatable bonds is 4. The summed E-state index contributed by atoms with van der Waals surface area (Å²) in [6.45, 7) is 0. The van der Waals surface area contributed by atoms with Crippen LogP contribution in [0.2, 0.25) is 0 Å². The van der Waals surface area contributed by atoms with E-state index in [2.05, 4.69) is 20.5 Å². The Morgan fingerprint density at radius 3 is 2.64 bits per heavy atom. The fourth-order valence-corrected chi connectivity index (χ4v) is 2.34. The third-order valence-electron chi connectivity index (χ3n) is 3.45. The maximum absolute atomic E-state index is 12.7. The molecule has 0 saturated heterocycles. The molecule has 0 bridgehead atoms. The van der Waals surface area contributed by atoms with Gasteiger partial charge >= 0.3 is 6.18 Å².